The Morgan fingerprint density at radius 1 is 0.964 bits per heavy atom. The maximum absolute atomic E-state index is 13.4. The van der Waals surface area contributed by atoms with Gasteiger partial charge in [0.25, 0.3) is 5.91 Å². The average molecular weight is 415 g/mol. The Hall–Kier alpha value is -3.12. The zero-order valence-electron chi connectivity index (χ0n) is 13.8. The van der Waals surface area contributed by atoms with E-state index in [1.807, 2.05) is 0 Å². The van der Waals surface area contributed by atoms with Gasteiger partial charge in [0.1, 0.15) is 0 Å². The first-order chi connectivity index (χ1) is 12.7. The fourth-order valence-corrected chi connectivity index (χ4v) is 1.82. The number of halogens is 6. The van der Waals surface area contributed by atoms with Crippen molar-refractivity contribution in [1.29, 1.82) is 0 Å². The van der Waals surface area contributed by atoms with E-state index in [1.54, 1.807) is 0 Å². The number of ether oxygens (including phenoxy) is 1. The van der Waals surface area contributed by atoms with Crippen LogP contribution < -0.4 is 4.90 Å². The summed E-state index contributed by atoms with van der Waals surface area (Å²) in [6.07, 6.45) is 0. The van der Waals surface area contributed by atoms with Crippen molar-refractivity contribution in [2.75, 3.05) is 11.5 Å². The number of hydrogen-bond donors (Lipinski definition) is 1. The lowest BCUT2D eigenvalue weighted by Gasteiger charge is -2.28. The summed E-state index contributed by atoms with van der Waals surface area (Å²) in [5.41, 5.74) is -0.0782. The number of esters is 1. The van der Waals surface area contributed by atoms with Crippen LogP contribution in [0.15, 0.2) is 30.3 Å². The molecule has 0 aromatic heterocycles. The first-order valence-electron chi connectivity index (χ1n) is 7.10. The maximum atomic E-state index is 13.4. The second-order valence-electron chi connectivity index (χ2n) is 5.19. The minimum absolute atomic E-state index is 0.0782. The molecule has 0 radical (unpaired) electrons. The largest absolute Gasteiger partial charge is 0.477 e. The van der Waals surface area contributed by atoms with Gasteiger partial charge in [-0.2, -0.15) is 26.3 Å². The van der Waals surface area contributed by atoms with Crippen molar-refractivity contribution in [1.82, 2.24) is 0 Å². The Labute approximate surface area is 152 Å². The Kier molecular flexibility index (Phi) is 6.43. The summed E-state index contributed by atoms with van der Waals surface area (Å²) in [5, 5.41) is 7.99. The van der Waals surface area contributed by atoms with Crippen molar-refractivity contribution in [2.24, 2.45) is 0 Å². The molecule has 0 aliphatic heterocycles. The number of carbonyl (C=O) groups is 4. The van der Waals surface area contributed by atoms with Crippen LogP contribution in [0.5, 0.6) is 0 Å². The molecule has 1 aromatic carbocycles. The highest BCUT2D eigenvalue weighted by molar-refractivity contribution is 6.14. The lowest BCUT2D eigenvalue weighted by atomic mass is 10.0. The number of benzene rings is 1. The van der Waals surface area contributed by atoms with Gasteiger partial charge in [-0.05, 0) is 12.1 Å². The Balaban J connectivity index is 2.99. The summed E-state index contributed by atoms with van der Waals surface area (Å²) in [6, 6.07) is 6.73. The summed E-state index contributed by atoms with van der Waals surface area (Å²) < 4.78 is 82.7. The molecule has 1 rings (SSSR count). The topological polar surface area (TPSA) is 101 Å². The summed E-state index contributed by atoms with van der Waals surface area (Å²) in [4.78, 5) is 45.1. The van der Waals surface area contributed by atoms with E-state index in [4.69, 9.17) is 5.11 Å². The van der Waals surface area contributed by atoms with Crippen molar-refractivity contribution in [3.8, 4) is 0 Å². The average Bonchev–Trinajstić information content (AvgIpc) is 2.59. The van der Waals surface area contributed by atoms with Crippen molar-refractivity contribution in [3.05, 3.63) is 30.3 Å². The fraction of sp³-hybridized carbons (Fsp3) is 0.333. The molecule has 0 spiro atoms. The van der Waals surface area contributed by atoms with E-state index in [9.17, 15) is 45.5 Å². The molecule has 0 saturated heterocycles. The maximum Gasteiger partial charge on any atom is 0.411 e. The first kappa shape index (κ1) is 22.9. The molecule has 2 amide bonds. The molecule has 0 atom stereocenters. The molecule has 0 bridgehead atoms. The van der Waals surface area contributed by atoms with Crippen molar-refractivity contribution in [2.45, 2.75) is 24.7 Å². The standard InChI is InChI=1S/C15H11F6NO6/c1-8(23)22(9-5-3-2-4-6-9)10(24)7-28-12(27)14(18,19)15(20,21)13(16,17)11(25)26/h2-6H,7H2,1H3,(H,25,26). The summed E-state index contributed by atoms with van der Waals surface area (Å²) in [5.74, 6) is -28.5. The second-order valence-corrected chi connectivity index (χ2v) is 5.19. The quantitative estimate of drug-likeness (QED) is 0.541. The number of carboxylic acid groups (broad SMARTS) is 1. The number of anilines is 1. The van der Waals surface area contributed by atoms with Crippen LogP contribution in [0.4, 0.5) is 32.0 Å². The molecule has 0 heterocycles. The van der Waals surface area contributed by atoms with Crippen LogP contribution in [0, 0.1) is 0 Å². The minimum atomic E-state index is -6.66. The third-order valence-corrected chi connectivity index (χ3v) is 3.22. The van der Waals surface area contributed by atoms with Gasteiger partial charge in [-0.15, -0.1) is 0 Å². The number of aliphatic carboxylic acids is 1. The van der Waals surface area contributed by atoms with E-state index in [0.29, 0.717) is 4.90 Å². The smallest absolute Gasteiger partial charge is 0.411 e. The third kappa shape index (κ3) is 4.07. The van der Waals surface area contributed by atoms with Gasteiger partial charge >= 0.3 is 29.7 Å². The van der Waals surface area contributed by atoms with Gasteiger partial charge in [-0.1, -0.05) is 18.2 Å². The highest BCUT2D eigenvalue weighted by atomic mass is 19.3. The molecule has 13 heteroatoms. The van der Waals surface area contributed by atoms with Crippen molar-refractivity contribution >= 4 is 29.4 Å². The second kappa shape index (κ2) is 7.86. The molecule has 0 aliphatic carbocycles. The lowest BCUT2D eigenvalue weighted by molar-refractivity contribution is -0.299. The zero-order chi connectivity index (χ0) is 21.9. The summed E-state index contributed by atoms with van der Waals surface area (Å²) in [7, 11) is 0. The molecule has 1 N–H and O–H groups in total. The Morgan fingerprint density at radius 3 is 1.89 bits per heavy atom. The molecule has 28 heavy (non-hydrogen) atoms. The van der Waals surface area contributed by atoms with E-state index in [0.717, 1.165) is 6.92 Å². The number of carbonyl (C=O) groups excluding carboxylic acids is 3. The van der Waals surface area contributed by atoms with Crippen LogP contribution in [0.1, 0.15) is 6.92 Å². The van der Waals surface area contributed by atoms with Gasteiger partial charge in [0, 0.05) is 6.92 Å². The Bertz CT molecular complexity index is 782. The van der Waals surface area contributed by atoms with Crippen LogP contribution in [-0.2, 0) is 23.9 Å². The number of alkyl halides is 6. The van der Waals surface area contributed by atoms with E-state index in [2.05, 4.69) is 4.74 Å². The predicted molar refractivity (Wildman–Crippen MR) is 78.0 cm³/mol. The minimum Gasteiger partial charge on any atom is -0.477 e. The van der Waals surface area contributed by atoms with Crippen LogP contribution in [0.25, 0.3) is 0 Å². The molecule has 1 aromatic rings. The molecular weight excluding hydrogens is 404 g/mol. The van der Waals surface area contributed by atoms with Gasteiger partial charge in [0.2, 0.25) is 5.91 Å². The monoisotopic (exact) mass is 415 g/mol. The van der Waals surface area contributed by atoms with Gasteiger partial charge in [-0.25, -0.2) is 14.5 Å². The van der Waals surface area contributed by atoms with Gasteiger partial charge in [0.05, 0.1) is 5.69 Å². The highest BCUT2D eigenvalue weighted by Crippen LogP contribution is 2.46. The van der Waals surface area contributed by atoms with Crippen molar-refractivity contribution < 1.29 is 55.4 Å². The number of para-hydroxylation sites is 1. The molecule has 7 nitrogen and oxygen atoms in total. The highest BCUT2D eigenvalue weighted by Gasteiger charge is 2.79. The number of nitrogens with zero attached hydrogens (tertiary/aromatic N) is 1. The number of rotatable bonds is 7. The van der Waals surface area contributed by atoms with E-state index >= 15 is 0 Å². The predicted octanol–water partition coefficient (Wildman–Crippen LogP) is 2.10. The van der Waals surface area contributed by atoms with Gasteiger partial charge < -0.3 is 9.84 Å². The van der Waals surface area contributed by atoms with Crippen LogP contribution in [0.3, 0.4) is 0 Å². The molecule has 0 unspecified atom stereocenters. The molecule has 0 saturated carbocycles. The van der Waals surface area contributed by atoms with E-state index in [1.165, 1.54) is 30.3 Å². The zero-order valence-corrected chi connectivity index (χ0v) is 13.8. The summed E-state index contributed by atoms with van der Waals surface area (Å²) >= 11 is 0. The molecule has 154 valence electrons. The first-order valence-corrected chi connectivity index (χ1v) is 7.10. The van der Waals surface area contributed by atoms with Crippen LogP contribution in [0.2, 0.25) is 0 Å². The molecular formula is C15H11F6NO6. The van der Waals surface area contributed by atoms with Crippen molar-refractivity contribution in [3.63, 3.8) is 0 Å². The number of carboxylic acids is 1. The summed E-state index contributed by atoms with van der Waals surface area (Å²) in [6.45, 7) is -0.805. The Morgan fingerprint density at radius 2 is 1.46 bits per heavy atom. The number of amides is 2. The normalized spacial score (nSPS) is 12.2. The third-order valence-electron chi connectivity index (χ3n) is 3.22. The van der Waals surface area contributed by atoms with Gasteiger partial charge in [-0.3, -0.25) is 9.59 Å². The number of hydrogen-bond acceptors (Lipinski definition) is 5. The lowest BCUT2D eigenvalue weighted by Crippen LogP contribution is -2.61. The fourth-order valence-electron chi connectivity index (χ4n) is 1.82. The van der Waals surface area contributed by atoms with Crippen LogP contribution in [-0.4, -0.2) is 53.2 Å². The SMILES string of the molecule is CC(=O)N(C(=O)COC(=O)C(F)(F)C(F)(F)C(F)(F)C(=O)O)c1ccccc1. The van der Waals surface area contributed by atoms with E-state index in [-0.39, 0.29) is 5.69 Å². The molecule has 0 fully saturated rings. The van der Waals surface area contributed by atoms with Crippen LogP contribution >= 0.6 is 0 Å². The van der Waals surface area contributed by atoms with Gasteiger partial charge in [0.15, 0.2) is 6.61 Å². The molecule has 0 aliphatic rings. The number of imide groups is 1. The van der Waals surface area contributed by atoms with E-state index < -0.39 is 48.1 Å².